The lowest BCUT2D eigenvalue weighted by atomic mass is 9.89. The van der Waals surface area contributed by atoms with Crippen molar-refractivity contribution in [3.05, 3.63) is 65.1 Å². The fourth-order valence-corrected chi connectivity index (χ4v) is 4.64. The third-order valence-corrected chi connectivity index (χ3v) is 6.49. The molecule has 0 amide bonds. The number of nitrogens with zero attached hydrogens (tertiary/aromatic N) is 2. The van der Waals surface area contributed by atoms with Crippen molar-refractivity contribution >= 4 is 28.3 Å². The average molecular weight is 465 g/mol. The van der Waals surface area contributed by atoms with Gasteiger partial charge < -0.3 is 19.4 Å². The van der Waals surface area contributed by atoms with Crippen LogP contribution in [-0.4, -0.2) is 47.9 Å². The fourth-order valence-electron chi connectivity index (χ4n) is 4.43. The van der Waals surface area contributed by atoms with E-state index in [2.05, 4.69) is 26.1 Å². The van der Waals surface area contributed by atoms with Gasteiger partial charge in [-0.3, -0.25) is 9.89 Å². The topological polar surface area (TPSA) is 81.2 Å². The van der Waals surface area contributed by atoms with Gasteiger partial charge in [-0.15, -0.1) is 0 Å². The largest absolute Gasteiger partial charge is 0.497 e. The van der Waals surface area contributed by atoms with E-state index in [0.717, 1.165) is 52.2 Å². The summed E-state index contributed by atoms with van der Waals surface area (Å²) in [5.74, 6) is 1.42. The fraction of sp³-hybridized carbons (Fsp3) is 0.280. The van der Waals surface area contributed by atoms with Crippen LogP contribution in [-0.2, 0) is 13.0 Å². The predicted octanol–water partition coefficient (Wildman–Crippen LogP) is 4.35. The minimum absolute atomic E-state index is 0.0887. The number of ether oxygens (including phenoxy) is 2. The summed E-state index contributed by atoms with van der Waals surface area (Å²) in [5, 5.41) is 11.4. The summed E-state index contributed by atoms with van der Waals surface area (Å²) in [6, 6.07) is 11.8. The number of rotatable bonds is 7. The van der Waals surface area contributed by atoms with Crippen molar-refractivity contribution in [3.8, 4) is 22.6 Å². The number of halogens is 1. The second kappa shape index (κ2) is 8.92. The molecule has 0 saturated carbocycles. The van der Waals surface area contributed by atoms with Gasteiger partial charge in [-0.2, -0.15) is 5.10 Å². The van der Waals surface area contributed by atoms with E-state index in [1.165, 1.54) is 0 Å². The first kappa shape index (κ1) is 21.6. The van der Waals surface area contributed by atoms with Gasteiger partial charge in [0.1, 0.15) is 16.7 Å². The molecular weight excluding hydrogens is 440 g/mol. The van der Waals surface area contributed by atoms with Crippen molar-refractivity contribution < 1.29 is 14.3 Å². The zero-order valence-electron chi connectivity index (χ0n) is 18.5. The molecule has 0 bridgehead atoms. The van der Waals surface area contributed by atoms with E-state index in [1.54, 1.807) is 13.3 Å². The van der Waals surface area contributed by atoms with Crippen LogP contribution in [0.5, 0.6) is 11.5 Å². The molecule has 0 aliphatic carbocycles. The van der Waals surface area contributed by atoms with E-state index in [4.69, 9.17) is 21.1 Å². The van der Waals surface area contributed by atoms with Gasteiger partial charge in [0, 0.05) is 41.3 Å². The SMILES string of the molecule is CNCCn1cc(C(=O)C2COc3ccc(OC)cc3C2)c2ccc(-c3cn[nH]c3Cl)cc21. The van der Waals surface area contributed by atoms with E-state index in [-0.39, 0.29) is 11.7 Å². The molecule has 170 valence electrons. The van der Waals surface area contributed by atoms with Gasteiger partial charge in [-0.25, -0.2) is 0 Å². The second-order valence-corrected chi connectivity index (χ2v) is 8.60. The van der Waals surface area contributed by atoms with Crippen LogP contribution in [0.4, 0.5) is 0 Å². The highest BCUT2D eigenvalue weighted by Crippen LogP contribution is 2.35. The molecule has 7 nitrogen and oxygen atoms in total. The van der Waals surface area contributed by atoms with E-state index >= 15 is 0 Å². The molecule has 0 radical (unpaired) electrons. The van der Waals surface area contributed by atoms with E-state index in [9.17, 15) is 4.79 Å². The third-order valence-electron chi connectivity index (χ3n) is 6.20. The number of carbonyl (C=O) groups is 1. The molecule has 1 aliphatic heterocycles. The standard InChI is InChI=1S/C25H25ClN4O3/c1-27-7-8-30-13-21(19-5-3-15(11-22(19)30)20-12-28-29-25(20)26)24(31)17-9-16-10-18(32-2)4-6-23(16)33-14-17/h3-6,10-13,17,27H,7-9,14H2,1-2H3,(H,28,29). The highest BCUT2D eigenvalue weighted by atomic mass is 35.5. The molecule has 2 N–H and O–H groups in total. The number of carbonyl (C=O) groups excluding carboxylic acids is 1. The molecule has 1 atom stereocenters. The Morgan fingerprint density at radius 2 is 2.21 bits per heavy atom. The number of Topliss-reactive ketones (excluding diaryl/α,β-unsaturated/α-hetero) is 1. The molecule has 33 heavy (non-hydrogen) atoms. The van der Waals surface area contributed by atoms with Crippen molar-refractivity contribution in [1.29, 1.82) is 0 Å². The van der Waals surface area contributed by atoms with Gasteiger partial charge in [-0.1, -0.05) is 23.7 Å². The van der Waals surface area contributed by atoms with Crippen LogP contribution >= 0.6 is 11.6 Å². The number of likely N-dealkylation sites (N-methyl/N-ethyl adjacent to an activating group) is 1. The Bertz CT molecular complexity index is 1330. The molecule has 3 heterocycles. The second-order valence-electron chi connectivity index (χ2n) is 8.22. The third kappa shape index (κ3) is 3.98. The highest BCUT2D eigenvalue weighted by Gasteiger charge is 2.29. The summed E-state index contributed by atoms with van der Waals surface area (Å²) in [4.78, 5) is 13.7. The zero-order valence-corrected chi connectivity index (χ0v) is 19.3. The molecule has 0 spiro atoms. The van der Waals surface area contributed by atoms with Gasteiger partial charge in [-0.05, 0) is 48.9 Å². The summed E-state index contributed by atoms with van der Waals surface area (Å²) in [6.07, 6.45) is 4.30. The van der Waals surface area contributed by atoms with Crippen LogP contribution in [0.2, 0.25) is 5.15 Å². The van der Waals surface area contributed by atoms with Crippen molar-refractivity contribution in [2.75, 3.05) is 27.3 Å². The predicted molar refractivity (Wildman–Crippen MR) is 128 cm³/mol. The lowest BCUT2D eigenvalue weighted by Crippen LogP contribution is -2.28. The number of hydrogen-bond acceptors (Lipinski definition) is 5. The molecule has 4 aromatic rings. The maximum atomic E-state index is 13.7. The molecule has 2 aromatic carbocycles. The smallest absolute Gasteiger partial charge is 0.171 e. The maximum absolute atomic E-state index is 13.7. The average Bonchev–Trinajstić information content (AvgIpc) is 3.44. The summed E-state index contributed by atoms with van der Waals surface area (Å²) in [6.45, 7) is 1.89. The quantitative estimate of drug-likeness (QED) is 0.397. The number of hydrogen-bond donors (Lipinski definition) is 2. The Morgan fingerprint density at radius 3 is 2.97 bits per heavy atom. The number of aromatic amines is 1. The van der Waals surface area contributed by atoms with Crippen molar-refractivity contribution in [1.82, 2.24) is 20.1 Å². The van der Waals surface area contributed by atoms with E-state index in [0.29, 0.717) is 23.7 Å². The monoisotopic (exact) mass is 464 g/mol. The van der Waals surface area contributed by atoms with Crippen LogP contribution < -0.4 is 14.8 Å². The molecular formula is C25H25ClN4O3. The summed E-state index contributed by atoms with van der Waals surface area (Å²) < 4.78 is 13.4. The summed E-state index contributed by atoms with van der Waals surface area (Å²) in [7, 11) is 3.55. The van der Waals surface area contributed by atoms with Crippen molar-refractivity contribution in [2.45, 2.75) is 13.0 Å². The number of ketones is 1. The molecule has 0 fully saturated rings. The number of methoxy groups -OCH3 is 1. The maximum Gasteiger partial charge on any atom is 0.171 e. The Hall–Kier alpha value is -3.29. The Balaban J connectivity index is 1.52. The van der Waals surface area contributed by atoms with Gasteiger partial charge in [0.2, 0.25) is 0 Å². The van der Waals surface area contributed by atoms with Crippen molar-refractivity contribution in [3.63, 3.8) is 0 Å². The Morgan fingerprint density at radius 1 is 1.33 bits per heavy atom. The van der Waals surface area contributed by atoms with Crippen molar-refractivity contribution in [2.24, 2.45) is 5.92 Å². The van der Waals surface area contributed by atoms with E-state index < -0.39 is 0 Å². The number of nitrogens with one attached hydrogen (secondary N) is 2. The number of aromatic nitrogens is 3. The van der Waals surface area contributed by atoms with Crippen LogP contribution in [0.1, 0.15) is 15.9 Å². The van der Waals surface area contributed by atoms with Gasteiger partial charge >= 0.3 is 0 Å². The Labute approximate surface area is 196 Å². The zero-order chi connectivity index (χ0) is 22.9. The van der Waals surface area contributed by atoms with Gasteiger partial charge in [0.25, 0.3) is 0 Å². The van der Waals surface area contributed by atoms with Crippen LogP contribution in [0, 0.1) is 5.92 Å². The van der Waals surface area contributed by atoms with Crippen LogP contribution in [0.15, 0.2) is 48.8 Å². The van der Waals surface area contributed by atoms with Gasteiger partial charge in [0.15, 0.2) is 5.78 Å². The van der Waals surface area contributed by atoms with Gasteiger partial charge in [0.05, 0.1) is 25.8 Å². The molecule has 2 aromatic heterocycles. The molecule has 1 aliphatic rings. The molecule has 5 rings (SSSR count). The lowest BCUT2D eigenvalue weighted by Gasteiger charge is -2.24. The van der Waals surface area contributed by atoms with Crippen LogP contribution in [0.3, 0.4) is 0 Å². The normalized spacial score (nSPS) is 15.3. The molecule has 8 heteroatoms. The first-order chi connectivity index (χ1) is 16.1. The minimum Gasteiger partial charge on any atom is -0.497 e. The molecule has 0 saturated heterocycles. The van der Waals surface area contributed by atoms with Crippen LogP contribution in [0.25, 0.3) is 22.0 Å². The minimum atomic E-state index is -0.254. The summed E-state index contributed by atoms with van der Waals surface area (Å²) in [5.41, 5.74) is 4.48. The molecule has 1 unspecified atom stereocenters. The summed E-state index contributed by atoms with van der Waals surface area (Å²) >= 11 is 6.26. The lowest BCUT2D eigenvalue weighted by molar-refractivity contribution is 0.0856. The number of benzene rings is 2. The number of fused-ring (bicyclic) bond motifs is 2. The highest BCUT2D eigenvalue weighted by molar-refractivity contribution is 6.32. The first-order valence-electron chi connectivity index (χ1n) is 10.9. The first-order valence-corrected chi connectivity index (χ1v) is 11.3. The Kier molecular flexibility index (Phi) is 5.83. The number of H-pyrrole nitrogens is 1. The van der Waals surface area contributed by atoms with E-state index in [1.807, 2.05) is 43.6 Å².